The molecule has 2 N–H and O–H groups in total. The van der Waals surface area contributed by atoms with Gasteiger partial charge in [0.05, 0.1) is 23.3 Å². The number of rotatable bonds is 8. The third-order valence-corrected chi connectivity index (χ3v) is 4.63. The summed E-state index contributed by atoms with van der Waals surface area (Å²) in [6, 6.07) is 25.8. The van der Waals surface area contributed by atoms with Crippen molar-refractivity contribution in [2.24, 2.45) is 10.9 Å². The van der Waals surface area contributed by atoms with Crippen LogP contribution in [0.5, 0.6) is 5.75 Å². The third-order valence-electron chi connectivity index (χ3n) is 4.63. The molecule has 0 atom stereocenters. The molecule has 3 aromatic carbocycles. The van der Waals surface area contributed by atoms with Crippen molar-refractivity contribution in [3.63, 3.8) is 0 Å². The fourth-order valence-corrected chi connectivity index (χ4v) is 2.99. The summed E-state index contributed by atoms with van der Waals surface area (Å²) in [5.74, 6) is 0.706. The van der Waals surface area contributed by atoms with Crippen molar-refractivity contribution in [2.45, 2.75) is 0 Å². The maximum Gasteiger partial charge on any atom is 0.119 e. The van der Waals surface area contributed by atoms with E-state index in [1.165, 1.54) is 0 Å². The molecule has 0 aliphatic carbocycles. The van der Waals surface area contributed by atoms with Gasteiger partial charge < -0.3 is 10.5 Å². The van der Waals surface area contributed by atoms with Gasteiger partial charge in [-0.25, -0.2) is 0 Å². The second-order valence-electron chi connectivity index (χ2n) is 6.81. The SMILES string of the molecule is N#C/C(=C\c1ccc(/C=C(\C#N)c2ccc(OCCN)cc2)cc1)c1ccc(N=O)cc1. The second-order valence-corrected chi connectivity index (χ2v) is 6.81. The predicted octanol–water partition coefficient (Wildman–Crippen LogP) is 5.55. The molecule has 0 bridgehead atoms. The Kier molecular flexibility index (Phi) is 7.64. The van der Waals surface area contributed by atoms with Crippen molar-refractivity contribution < 1.29 is 4.74 Å². The fraction of sp³-hybridized carbons (Fsp3) is 0.0769. The van der Waals surface area contributed by atoms with Crippen LogP contribution in [0.1, 0.15) is 22.3 Å². The quantitative estimate of drug-likeness (QED) is 0.292. The lowest BCUT2D eigenvalue weighted by Gasteiger charge is -2.06. The van der Waals surface area contributed by atoms with E-state index in [0.717, 1.165) is 16.7 Å². The summed E-state index contributed by atoms with van der Waals surface area (Å²) in [7, 11) is 0. The Balaban J connectivity index is 1.79. The molecule has 156 valence electrons. The van der Waals surface area contributed by atoms with E-state index in [-0.39, 0.29) is 0 Å². The lowest BCUT2D eigenvalue weighted by molar-refractivity contribution is 0.328. The zero-order valence-corrected chi connectivity index (χ0v) is 17.2. The summed E-state index contributed by atoms with van der Waals surface area (Å²) in [6.07, 6.45) is 3.57. The van der Waals surface area contributed by atoms with Crippen molar-refractivity contribution >= 4 is 29.0 Å². The van der Waals surface area contributed by atoms with E-state index in [9.17, 15) is 15.4 Å². The lowest BCUT2D eigenvalue weighted by Crippen LogP contribution is -2.10. The highest BCUT2D eigenvalue weighted by molar-refractivity contribution is 5.91. The van der Waals surface area contributed by atoms with Gasteiger partial charge in [-0.05, 0) is 76.0 Å². The number of nitroso groups, excluding NO2 is 1. The Morgan fingerprint density at radius 2 is 1.28 bits per heavy atom. The van der Waals surface area contributed by atoms with E-state index in [4.69, 9.17) is 10.5 Å². The first-order valence-electron chi connectivity index (χ1n) is 9.87. The first-order valence-corrected chi connectivity index (χ1v) is 9.87. The summed E-state index contributed by atoms with van der Waals surface area (Å²) < 4.78 is 5.47. The zero-order chi connectivity index (χ0) is 22.8. The van der Waals surface area contributed by atoms with E-state index in [1.54, 1.807) is 36.4 Å². The van der Waals surface area contributed by atoms with Gasteiger partial charge in [0.1, 0.15) is 18.0 Å². The first-order chi connectivity index (χ1) is 15.7. The molecule has 6 heteroatoms. The van der Waals surface area contributed by atoms with Gasteiger partial charge in [-0.2, -0.15) is 10.5 Å². The molecule has 0 aliphatic rings. The number of hydrogen-bond acceptors (Lipinski definition) is 6. The van der Waals surface area contributed by atoms with Crippen LogP contribution < -0.4 is 10.5 Å². The van der Waals surface area contributed by atoms with Gasteiger partial charge in [-0.1, -0.05) is 36.4 Å². The smallest absolute Gasteiger partial charge is 0.119 e. The number of nitrogens with zero attached hydrogens (tertiary/aromatic N) is 3. The van der Waals surface area contributed by atoms with E-state index < -0.39 is 0 Å². The summed E-state index contributed by atoms with van der Waals surface area (Å²) in [6.45, 7) is 0.881. The lowest BCUT2D eigenvalue weighted by atomic mass is 10.0. The van der Waals surface area contributed by atoms with E-state index in [1.807, 2.05) is 48.5 Å². The van der Waals surface area contributed by atoms with E-state index >= 15 is 0 Å². The molecule has 0 spiro atoms. The van der Waals surface area contributed by atoms with Crippen molar-refractivity contribution in [2.75, 3.05) is 13.2 Å². The average Bonchev–Trinajstić information content (AvgIpc) is 2.86. The number of ether oxygens (including phenoxy) is 1. The van der Waals surface area contributed by atoms with Crippen LogP contribution >= 0.6 is 0 Å². The minimum Gasteiger partial charge on any atom is -0.492 e. The molecule has 0 amide bonds. The molecule has 0 aromatic heterocycles. The summed E-state index contributed by atoms with van der Waals surface area (Å²) in [4.78, 5) is 10.6. The standard InChI is InChI=1S/C26H20N4O2/c27-13-14-32-26-11-7-22(8-12-26)24(18-29)16-20-3-1-19(2-4-20)15-23(17-28)21-5-9-25(30-31)10-6-21/h1-12,15-16H,13-14,27H2/b23-15+,24-16+. The summed E-state index contributed by atoms with van der Waals surface area (Å²) in [5.41, 5.74) is 9.95. The maximum atomic E-state index is 10.6. The van der Waals surface area contributed by atoms with Crippen molar-refractivity contribution in [1.82, 2.24) is 0 Å². The average molecular weight is 420 g/mol. The molecule has 0 unspecified atom stereocenters. The van der Waals surface area contributed by atoms with Gasteiger partial charge in [0, 0.05) is 6.54 Å². The van der Waals surface area contributed by atoms with Gasteiger partial charge in [-0.3, -0.25) is 0 Å². The molecule has 32 heavy (non-hydrogen) atoms. The van der Waals surface area contributed by atoms with Crippen molar-refractivity contribution in [1.29, 1.82) is 10.5 Å². The Morgan fingerprint density at radius 1 is 0.812 bits per heavy atom. The van der Waals surface area contributed by atoms with Crippen LogP contribution in [-0.2, 0) is 0 Å². The minimum absolute atomic E-state index is 0.313. The topological polar surface area (TPSA) is 112 Å². The highest BCUT2D eigenvalue weighted by Gasteiger charge is 2.04. The van der Waals surface area contributed by atoms with Crippen LogP contribution in [0.2, 0.25) is 0 Å². The number of hydrogen-bond donors (Lipinski definition) is 1. The Hall–Kier alpha value is -4.52. The third kappa shape index (κ3) is 5.76. The maximum absolute atomic E-state index is 10.6. The Morgan fingerprint density at radius 3 is 1.69 bits per heavy atom. The minimum atomic E-state index is 0.313. The van der Waals surface area contributed by atoms with Crippen LogP contribution in [0, 0.1) is 27.6 Å². The molecule has 3 rings (SSSR count). The van der Waals surface area contributed by atoms with Crippen LogP contribution in [0.4, 0.5) is 5.69 Å². The van der Waals surface area contributed by atoms with Crippen molar-refractivity contribution in [3.05, 3.63) is 100.0 Å². The van der Waals surface area contributed by atoms with Gasteiger partial charge in [-0.15, -0.1) is 4.91 Å². The zero-order valence-electron chi connectivity index (χ0n) is 17.2. The number of nitrogens with two attached hydrogens (primary N) is 1. The molecule has 0 fully saturated rings. The molecular weight excluding hydrogens is 400 g/mol. The fourth-order valence-electron chi connectivity index (χ4n) is 2.99. The Bertz CT molecular complexity index is 1210. The van der Waals surface area contributed by atoms with Gasteiger partial charge in [0.25, 0.3) is 0 Å². The molecule has 0 aliphatic heterocycles. The molecule has 0 saturated carbocycles. The molecule has 0 heterocycles. The van der Waals surface area contributed by atoms with Crippen LogP contribution in [0.3, 0.4) is 0 Å². The van der Waals surface area contributed by atoms with E-state index in [2.05, 4.69) is 17.3 Å². The van der Waals surface area contributed by atoms with Crippen LogP contribution in [-0.4, -0.2) is 13.2 Å². The number of nitriles is 2. The summed E-state index contributed by atoms with van der Waals surface area (Å²) >= 11 is 0. The van der Waals surface area contributed by atoms with Gasteiger partial charge >= 0.3 is 0 Å². The summed E-state index contributed by atoms with van der Waals surface area (Å²) in [5, 5.41) is 22.0. The van der Waals surface area contributed by atoms with Crippen molar-refractivity contribution in [3.8, 4) is 17.9 Å². The highest BCUT2D eigenvalue weighted by atomic mass is 16.5. The largest absolute Gasteiger partial charge is 0.492 e. The van der Waals surface area contributed by atoms with Gasteiger partial charge in [0.2, 0.25) is 0 Å². The molecule has 0 saturated heterocycles. The molecule has 6 nitrogen and oxygen atoms in total. The van der Waals surface area contributed by atoms with Crippen LogP contribution in [0.25, 0.3) is 23.3 Å². The number of benzene rings is 3. The first kappa shape index (κ1) is 22.2. The monoisotopic (exact) mass is 420 g/mol. The molecule has 3 aromatic rings. The Labute approximate surface area is 186 Å². The molecular formula is C26H20N4O2. The van der Waals surface area contributed by atoms with E-state index in [0.29, 0.717) is 41.3 Å². The highest BCUT2D eigenvalue weighted by Crippen LogP contribution is 2.23. The molecule has 0 radical (unpaired) electrons. The predicted molar refractivity (Wildman–Crippen MR) is 126 cm³/mol. The second kappa shape index (κ2) is 11.0. The van der Waals surface area contributed by atoms with Gasteiger partial charge in [0.15, 0.2) is 0 Å². The number of allylic oxidation sites excluding steroid dienone is 2. The normalized spacial score (nSPS) is 11.3. The van der Waals surface area contributed by atoms with Crippen LogP contribution in [0.15, 0.2) is 78.0 Å².